The van der Waals surface area contributed by atoms with Crippen LogP contribution in [-0.4, -0.2) is 5.75 Å². The first-order valence-electron chi connectivity index (χ1n) is 3.65. The Morgan fingerprint density at radius 1 is 1.11 bits per heavy atom. The van der Waals surface area contributed by atoms with Gasteiger partial charge in [0.15, 0.2) is 0 Å². The first-order chi connectivity index (χ1) is 4.41. The van der Waals surface area contributed by atoms with Crippen molar-refractivity contribution in [2.24, 2.45) is 0 Å². The van der Waals surface area contributed by atoms with Crippen LogP contribution in [0.1, 0.15) is 39.0 Å². The number of hydrogen-bond acceptors (Lipinski definition) is 1. The Balaban J connectivity index is 2.60. The molecule has 0 aliphatic heterocycles. The molecule has 0 saturated carbocycles. The van der Waals surface area contributed by atoms with E-state index in [0.717, 1.165) is 5.75 Å². The summed E-state index contributed by atoms with van der Waals surface area (Å²) in [5.74, 6) is 1.12. The standard InChI is InChI=1S/C7H15ClS/c1-2-3-4-5-6-7-9-8/h2-7H2,1H3. The molecule has 0 N–H and O–H groups in total. The Hall–Kier alpha value is 0.640. The molecule has 0 atom stereocenters. The molecule has 0 rings (SSSR count). The van der Waals surface area contributed by atoms with Crippen molar-refractivity contribution >= 4 is 21.7 Å². The molecule has 0 bridgehead atoms. The van der Waals surface area contributed by atoms with Crippen molar-refractivity contribution < 1.29 is 0 Å². The largest absolute Gasteiger partial charge is 0.0654 e. The van der Waals surface area contributed by atoms with Crippen molar-refractivity contribution in [3.05, 3.63) is 0 Å². The minimum absolute atomic E-state index is 1.12. The van der Waals surface area contributed by atoms with E-state index in [-0.39, 0.29) is 0 Å². The summed E-state index contributed by atoms with van der Waals surface area (Å²) in [7, 11) is 6.86. The van der Waals surface area contributed by atoms with Gasteiger partial charge in [0.2, 0.25) is 0 Å². The van der Waals surface area contributed by atoms with Gasteiger partial charge in [-0.1, -0.05) is 43.6 Å². The highest BCUT2D eigenvalue weighted by Crippen LogP contribution is 2.10. The highest BCUT2D eigenvalue weighted by Gasteiger charge is 1.86. The van der Waals surface area contributed by atoms with Gasteiger partial charge in [0, 0.05) is 5.75 Å². The first-order valence-corrected chi connectivity index (χ1v) is 5.46. The summed E-state index contributed by atoms with van der Waals surface area (Å²) in [5.41, 5.74) is 0. The quantitative estimate of drug-likeness (QED) is 0.541. The number of halogens is 1. The average molecular weight is 167 g/mol. The van der Waals surface area contributed by atoms with Gasteiger partial charge in [0.1, 0.15) is 0 Å². The van der Waals surface area contributed by atoms with E-state index in [1.807, 2.05) is 0 Å². The zero-order valence-electron chi connectivity index (χ0n) is 6.03. The fourth-order valence-corrected chi connectivity index (χ4v) is 1.40. The lowest BCUT2D eigenvalue weighted by Gasteiger charge is -1.95. The van der Waals surface area contributed by atoms with Gasteiger partial charge in [-0.2, -0.15) is 0 Å². The molecule has 0 aromatic heterocycles. The molecule has 0 heterocycles. The summed E-state index contributed by atoms with van der Waals surface area (Å²) < 4.78 is 0. The zero-order valence-corrected chi connectivity index (χ0v) is 7.60. The van der Waals surface area contributed by atoms with Crippen LogP contribution < -0.4 is 0 Å². The normalized spacial score (nSPS) is 10.0. The van der Waals surface area contributed by atoms with E-state index in [1.54, 1.807) is 0 Å². The van der Waals surface area contributed by atoms with Crippen LogP contribution in [0.4, 0.5) is 0 Å². The monoisotopic (exact) mass is 166 g/mol. The van der Waals surface area contributed by atoms with E-state index in [4.69, 9.17) is 10.7 Å². The summed E-state index contributed by atoms with van der Waals surface area (Å²) >= 11 is 0. The van der Waals surface area contributed by atoms with Crippen LogP contribution in [0.3, 0.4) is 0 Å². The van der Waals surface area contributed by atoms with Gasteiger partial charge < -0.3 is 0 Å². The molecule has 0 fully saturated rings. The number of hydrogen-bond donors (Lipinski definition) is 0. The number of rotatable bonds is 6. The van der Waals surface area contributed by atoms with Crippen molar-refractivity contribution in [2.45, 2.75) is 39.0 Å². The lowest BCUT2D eigenvalue weighted by molar-refractivity contribution is 0.660. The van der Waals surface area contributed by atoms with Gasteiger partial charge in [-0.15, -0.1) is 0 Å². The molecule has 0 nitrogen and oxygen atoms in total. The summed E-state index contributed by atoms with van der Waals surface area (Å²) in [5, 5.41) is 0. The second kappa shape index (κ2) is 8.64. The van der Waals surface area contributed by atoms with Crippen LogP contribution in [0.15, 0.2) is 0 Å². The van der Waals surface area contributed by atoms with Gasteiger partial charge in [0.25, 0.3) is 0 Å². The van der Waals surface area contributed by atoms with Crippen LogP contribution in [0.2, 0.25) is 0 Å². The second-order valence-electron chi connectivity index (χ2n) is 2.23. The van der Waals surface area contributed by atoms with Gasteiger partial charge in [-0.3, -0.25) is 0 Å². The lowest BCUT2D eigenvalue weighted by Crippen LogP contribution is -1.78. The molecular formula is C7H15ClS. The van der Waals surface area contributed by atoms with Gasteiger partial charge in [-0.05, 0) is 17.1 Å². The molecule has 0 aromatic carbocycles. The highest BCUT2D eigenvalue weighted by molar-refractivity contribution is 8.21. The van der Waals surface area contributed by atoms with E-state index in [0.29, 0.717) is 0 Å². The Morgan fingerprint density at radius 3 is 2.33 bits per heavy atom. The third-order valence-corrected chi connectivity index (χ3v) is 2.23. The Labute approximate surface area is 66.9 Å². The molecule has 0 spiro atoms. The van der Waals surface area contributed by atoms with Gasteiger partial charge in [0.05, 0.1) is 0 Å². The van der Waals surface area contributed by atoms with Crippen LogP contribution in [-0.2, 0) is 0 Å². The minimum atomic E-state index is 1.12. The van der Waals surface area contributed by atoms with E-state index in [9.17, 15) is 0 Å². The van der Waals surface area contributed by atoms with E-state index < -0.39 is 0 Å². The average Bonchev–Trinajstić information content (AvgIpc) is 1.89. The third-order valence-electron chi connectivity index (χ3n) is 1.33. The van der Waals surface area contributed by atoms with E-state index in [1.165, 1.54) is 43.1 Å². The molecule has 0 aliphatic rings. The summed E-state index contributed by atoms with van der Waals surface area (Å²) in [4.78, 5) is 0. The van der Waals surface area contributed by atoms with Crippen LogP contribution in [0.25, 0.3) is 0 Å². The Kier molecular flexibility index (Phi) is 9.25. The zero-order chi connectivity index (χ0) is 6.95. The highest BCUT2D eigenvalue weighted by atomic mass is 35.7. The van der Waals surface area contributed by atoms with Crippen molar-refractivity contribution in [1.29, 1.82) is 0 Å². The van der Waals surface area contributed by atoms with Crippen LogP contribution in [0, 0.1) is 0 Å². The molecule has 9 heavy (non-hydrogen) atoms. The Morgan fingerprint density at radius 2 is 1.78 bits per heavy atom. The van der Waals surface area contributed by atoms with Crippen molar-refractivity contribution in [3.63, 3.8) is 0 Å². The Bertz CT molecular complexity index is 42.2. The molecule has 56 valence electrons. The van der Waals surface area contributed by atoms with Gasteiger partial charge >= 0.3 is 0 Å². The van der Waals surface area contributed by atoms with Crippen molar-refractivity contribution in [2.75, 3.05) is 5.75 Å². The lowest BCUT2D eigenvalue weighted by atomic mass is 10.2. The first kappa shape index (κ1) is 9.64. The molecule has 2 heteroatoms. The van der Waals surface area contributed by atoms with E-state index in [2.05, 4.69) is 6.92 Å². The second-order valence-corrected chi connectivity index (χ2v) is 3.51. The van der Waals surface area contributed by atoms with Crippen LogP contribution >= 0.6 is 21.7 Å². The molecule has 0 amide bonds. The molecule has 0 aliphatic carbocycles. The molecule has 0 unspecified atom stereocenters. The fourth-order valence-electron chi connectivity index (χ4n) is 0.760. The van der Waals surface area contributed by atoms with Crippen molar-refractivity contribution in [1.82, 2.24) is 0 Å². The smallest absolute Gasteiger partial charge is 0.00852 e. The minimum Gasteiger partial charge on any atom is -0.0654 e. The van der Waals surface area contributed by atoms with Crippen molar-refractivity contribution in [3.8, 4) is 0 Å². The van der Waals surface area contributed by atoms with E-state index >= 15 is 0 Å². The SMILES string of the molecule is CCCCCCCSCl. The third kappa shape index (κ3) is 8.64. The summed E-state index contributed by atoms with van der Waals surface area (Å²) in [6, 6.07) is 0. The maximum absolute atomic E-state index is 5.43. The topological polar surface area (TPSA) is 0 Å². The fraction of sp³-hybridized carbons (Fsp3) is 1.00. The summed E-state index contributed by atoms with van der Waals surface area (Å²) in [6.07, 6.45) is 6.73. The number of unbranched alkanes of at least 4 members (excludes halogenated alkanes) is 4. The maximum atomic E-state index is 5.43. The predicted molar refractivity (Wildman–Crippen MR) is 47.1 cm³/mol. The van der Waals surface area contributed by atoms with Gasteiger partial charge in [-0.25, -0.2) is 0 Å². The molecule has 0 saturated heterocycles. The molecule has 0 aromatic rings. The van der Waals surface area contributed by atoms with Crippen LogP contribution in [0.5, 0.6) is 0 Å². The molecular weight excluding hydrogens is 152 g/mol. The maximum Gasteiger partial charge on any atom is 0.00852 e. The summed E-state index contributed by atoms with van der Waals surface area (Å²) in [6.45, 7) is 2.23. The predicted octanol–water partition coefficient (Wildman–Crippen LogP) is 3.84. The molecule has 0 radical (unpaired) electrons.